The maximum absolute atomic E-state index is 3.35. The predicted molar refractivity (Wildman–Crippen MR) is 58.5 cm³/mol. The standard InChI is InChI=1S/C8H23N3Si/c1-7(2)11(5)8(6-12,9-3)10-4/h7,9-10H,6H2,1-5,12H3. The molecule has 0 aromatic heterocycles. The molecule has 0 aromatic rings. The third-order valence-electron chi connectivity index (χ3n) is 2.72. The van der Waals surface area contributed by atoms with E-state index in [4.69, 9.17) is 0 Å². The third-order valence-corrected chi connectivity index (χ3v) is 3.74. The maximum atomic E-state index is 3.35. The van der Waals surface area contributed by atoms with E-state index in [0.717, 1.165) is 0 Å². The van der Waals surface area contributed by atoms with Crippen molar-refractivity contribution in [2.75, 3.05) is 21.1 Å². The van der Waals surface area contributed by atoms with E-state index in [1.54, 1.807) is 0 Å². The van der Waals surface area contributed by atoms with Gasteiger partial charge in [0, 0.05) is 16.3 Å². The Morgan fingerprint density at radius 3 is 1.83 bits per heavy atom. The molecule has 0 bridgehead atoms. The topological polar surface area (TPSA) is 27.3 Å². The molecule has 0 aliphatic heterocycles. The summed E-state index contributed by atoms with van der Waals surface area (Å²) in [4.78, 5) is 2.33. The molecule has 0 aliphatic carbocycles. The quantitative estimate of drug-likeness (QED) is 0.438. The number of hydrogen-bond donors (Lipinski definition) is 2. The number of hydrogen-bond acceptors (Lipinski definition) is 3. The minimum Gasteiger partial charge on any atom is -0.290 e. The summed E-state index contributed by atoms with van der Waals surface area (Å²) in [5.41, 5.74) is 0. The van der Waals surface area contributed by atoms with Crippen LogP contribution in [-0.4, -0.2) is 48.1 Å². The van der Waals surface area contributed by atoms with Gasteiger partial charge in [-0.3, -0.25) is 15.5 Å². The lowest BCUT2D eigenvalue weighted by Gasteiger charge is -2.43. The van der Waals surface area contributed by atoms with E-state index in [2.05, 4.69) is 36.4 Å². The van der Waals surface area contributed by atoms with Crippen molar-refractivity contribution < 1.29 is 0 Å². The number of nitrogens with one attached hydrogen (secondary N) is 2. The fourth-order valence-corrected chi connectivity index (χ4v) is 2.73. The van der Waals surface area contributed by atoms with Gasteiger partial charge in [0.2, 0.25) is 0 Å². The first-order chi connectivity index (χ1) is 5.54. The van der Waals surface area contributed by atoms with Gasteiger partial charge in [-0.05, 0) is 41.0 Å². The van der Waals surface area contributed by atoms with E-state index in [1.807, 2.05) is 14.1 Å². The highest BCUT2D eigenvalue weighted by atomic mass is 28.1. The molecule has 0 radical (unpaired) electrons. The molecular weight excluding hydrogens is 166 g/mol. The summed E-state index contributed by atoms with van der Waals surface area (Å²) < 4.78 is 0. The Morgan fingerprint density at radius 2 is 1.75 bits per heavy atom. The van der Waals surface area contributed by atoms with Crippen molar-refractivity contribution in [2.45, 2.75) is 31.7 Å². The van der Waals surface area contributed by atoms with Gasteiger partial charge < -0.3 is 0 Å². The van der Waals surface area contributed by atoms with E-state index >= 15 is 0 Å². The molecule has 0 spiro atoms. The van der Waals surface area contributed by atoms with Crippen molar-refractivity contribution in [2.24, 2.45) is 0 Å². The minimum absolute atomic E-state index is 0.000386. The predicted octanol–water partition coefficient (Wildman–Crippen LogP) is -0.797. The monoisotopic (exact) mass is 189 g/mol. The van der Waals surface area contributed by atoms with Gasteiger partial charge in [0.05, 0.1) is 0 Å². The van der Waals surface area contributed by atoms with Crippen LogP contribution in [0.5, 0.6) is 0 Å². The second-order valence-electron chi connectivity index (χ2n) is 3.42. The molecule has 0 amide bonds. The van der Waals surface area contributed by atoms with Crippen LogP contribution < -0.4 is 10.6 Å². The Balaban J connectivity index is 4.46. The van der Waals surface area contributed by atoms with Crippen molar-refractivity contribution in [3.63, 3.8) is 0 Å². The smallest absolute Gasteiger partial charge is 0.122 e. The fraction of sp³-hybridized carbons (Fsp3) is 1.00. The Bertz CT molecular complexity index is 115. The molecule has 0 saturated carbocycles. The molecule has 12 heavy (non-hydrogen) atoms. The van der Waals surface area contributed by atoms with Crippen LogP contribution in [0.4, 0.5) is 0 Å². The Hall–Kier alpha value is 0.0969. The normalized spacial score (nSPS) is 13.2. The van der Waals surface area contributed by atoms with Crippen LogP contribution in [0.15, 0.2) is 0 Å². The zero-order valence-corrected chi connectivity index (χ0v) is 11.2. The lowest BCUT2D eigenvalue weighted by molar-refractivity contribution is 0.0520. The second kappa shape index (κ2) is 4.96. The summed E-state index contributed by atoms with van der Waals surface area (Å²) in [7, 11) is 7.36. The highest BCUT2D eigenvalue weighted by molar-refractivity contribution is 6.09. The van der Waals surface area contributed by atoms with E-state index in [-0.39, 0.29) is 5.79 Å². The molecular formula is C8H23N3Si. The maximum Gasteiger partial charge on any atom is 0.122 e. The zero-order chi connectivity index (χ0) is 9.78. The zero-order valence-electron chi connectivity index (χ0n) is 9.23. The Morgan fingerprint density at radius 1 is 1.33 bits per heavy atom. The molecule has 0 aliphatic rings. The van der Waals surface area contributed by atoms with Gasteiger partial charge in [0.1, 0.15) is 5.79 Å². The fourth-order valence-electron chi connectivity index (χ4n) is 1.52. The van der Waals surface area contributed by atoms with Crippen molar-refractivity contribution in [1.29, 1.82) is 0 Å². The van der Waals surface area contributed by atoms with Gasteiger partial charge in [-0.1, -0.05) is 0 Å². The summed E-state index contributed by atoms with van der Waals surface area (Å²) in [5.74, 6) is 0.000386. The molecule has 0 unspecified atom stereocenters. The first-order valence-corrected chi connectivity index (χ1v) is 6.06. The van der Waals surface area contributed by atoms with E-state index in [1.165, 1.54) is 16.3 Å². The molecule has 74 valence electrons. The third kappa shape index (κ3) is 2.29. The molecule has 0 atom stereocenters. The average molecular weight is 189 g/mol. The SMILES string of the molecule is CNC(C[SiH3])(NC)N(C)C(C)C. The minimum atomic E-state index is 0.000386. The molecule has 3 nitrogen and oxygen atoms in total. The van der Waals surface area contributed by atoms with Gasteiger partial charge >= 0.3 is 0 Å². The molecule has 0 heterocycles. The summed E-state index contributed by atoms with van der Waals surface area (Å²) in [6.07, 6.45) is 0. The number of rotatable bonds is 5. The summed E-state index contributed by atoms with van der Waals surface area (Å²) in [5, 5.41) is 6.69. The van der Waals surface area contributed by atoms with E-state index in [0.29, 0.717) is 6.04 Å². The first kappa shape index (κ1) is 12.1. The van der Waals surface area contributed by atoms with Crippen molar-refractivity contribution in [3.05, 3.63) is 0 Å². The van der Waals surface area contributed by atoms with Crippen LogP contribution in [0.1, 0.15) is 13.8 Å². The van der Waals surface area contributed by atoms with Gasteiger partial charge in [-0.2, -0.15) is 0 Å². The highest BCUT2D eigenvalue weighted by Crippen LogP contribution is 2.12. The number of nitrogens with zero attached hydrogens (tertiary/aromatic N) is 1. The van der Waals surface area contributed by atoms with Crippen LogP contribution in [0.3, 0.4) is 0 Å². The molecule has 2 N–H and O–H groups in total. The van der Waals surface area contributed by atoms with Gasteiger partial charge in [0.15, 0.2) is 0 Å². The summed E-state index contributed by atoms with van der Waals surface area (Å²) in [6, 6.07) is 1.73. The summed E-state index contributed by atoms with van der Waals surface area (Å²) in [6.45, 7) is 4.42. The molecule has 0 fully saturated rings. The Kier molecular flexibility index (Phi) is 5.00. The van der Waals surface area contributed by atoms with E-state index < -0.39 is 0 Å². The largest absolute Gasteiger partial charge is 0.290 e. The van der Waals surface area contributed by atoms with Crippen LogP contribution in [0.25, 0.3) is 0 Å². The molecule has 0 rings (SSSR count). The lowest BCUT2D eigenvalue weighted by atomic mass is 10.2. The highest BCUT2D eigenvalue weighted by Gasteiger charge is 2.29. The lowest BCUT2D eigenvalue weighted by Crippen LogP contribution is -2.65. The van der Waals surface area contributed by atoms with Crippen LogP contribution in [-0.2, 0) is 0 Å². The van der Waals surface area contributed by atoms with Crippen molar-refractivity contribution >= 4 is 10.2 Å². The van der Waals surface area contributed by atoms with Crippen LogP contribution >= 0.6 is 0 Å². The van der Waals surface area contributed by atoms with Crippen molar-refractivity contribution in [1.82, 2.24) is 15.5 Å². The van der Waals surface area contributed by atoms with Gasteiger partial charge in [-0.25, -0.2) is 0 Å². The van der Waals surface area contributed by atoms with Crippen LogP contribution in [0.2, 0.25) is 6.04 Å². The molecule has 0 saturated heterocycles. The van der Waals surface area contributed by atoms with Crippen LogP contribution in [0, 0.1) is 0 Å². The average Bonchev–Trinajstić information content (AvgIpc) is 2.08. The van der Waals surface area contributed by atoms with Gasteiger partial charge in [0.25, 0.3) is 0 Å². The second-order valence-corrected chi connectivity index (χ2v) is 4.13. The summed E-state index contributed by atoms with van der Waals surface area (Å²) >= 11 is 0. The van der Waals surface area contributed by atoms with E-state index in [9.17, 15) is 0 Å². The first-order valence-electron chi connectivity index (χ1n) is 4.64. The van der Waals surface area contributed by atoms with Crippen molar-refractivity contribution in [3.8, 4) is 0 Å². The molecule has 0 aromatic carbocycles. The Labute approximate surface area is 79.3 Å². The molecule has 4 heteroatoms. The van der Waals surface area contributed by atoms with Gasteiger partial charge in [-0.15, -0.1) is 0 Å².